The van der Waals surface area contributed by atoms with Gasteiger partial charge in [-0.15, -0.1) is 0 Å². The van der Waals surface area contributed by atoms with Crippen LogP contribution in [0.3, 0.4) is 0 Å². The molecular formula is C20H20N4O2. The number of nitrogens with one attached hydrogen (secondary N) is 2. The summed E-state index contributed by atoms with van der Waals surface area (Å²) in [7, 11) is 0. The Labute approximate surface area is 151 Å². The first-order valence-electron chi connectivity index (χ1n) is 8.32. The summed E-state index contributed by atoms with van der Waals surface area (Å²) in [6.45, 7) is 6.43. The van der Waals surface area contributed by atoms with Gasteiger partial charge in [0, 0.05) is 13.1 Å². The number of amides is 2. The van der Waals surface area contributed by atoms with Crippen molar-refractivity contribution in [1.29, 1.82) is 0 Å². The quantitative estimate of drug-likeness (QED) is 0.673. The molecular weight excluding hydrogens is 328 g/mol. The Morgan fingerprint density at radius 2 is 1.88 bits per heavy atom. The number of benzene rings is 2. The molecule has 3 rings (SSSR count). The standard InChI is InChI=1S/C20H20N4O2/c1-3-19(25)23-16-9-5-4-8-15(16)20(26)21-12-13-24-14(2)22-17-10-6-7-11-18(17)24/h3-11H,1,12-13H2,2H3,(H,21,26)(H,23,25). The van der Waals surface area contributed by atoms with E-state index in [9.17, 15) is 9.59 Å². The second-order valence-corrected chi connectivity index (χ2v) is 5.79. The van der Waals surface area contributed by atoms with Crippen LogP contribution in [0.2, 0.25) is 0 Å². The highest BCUT2D eigenvalue weighted by Crippen LogP contribution is 2.16. The molecule has 26 heavy (non-hydrogen) atoms. The molecule has 0 saturated carbocycles. The van der Waals surface area contributed by atoms with E-state index in [1.165, 1.54) is 6.08 Å². The van der Waals surface area contributed by atoms with Crippen molar-refractivity contribution in [2.24, 2.45) is 0 Å². The summed E-state index contributed by atoms with van der Waals surface area (Å²) in [5.41, 5.74) is 2.85. The highest BCUT2D eigenvalue weighted by molar-refractivity contribution is 6.06. The van der Waals surface area contributed by atoms with Gasteiger partial charge in [0.25, 0.3) is 5.91 Å². The Bertz CT molecular complexity index is 975. The number of rotatable bonds is 6. The number of hydrogen-bond donors (Lipinski definition) is 2. The predicted octanol–water partition coefficient (Wildman–Crippen LogP) is 2.90. The molecule has 0 spiro atoms. The summed E-state index contributed by atoms with van der Waals surface area (Å²) in [6.07, 6.45) is 1.17. The molecule has 0 radical (unpaired) electrons. The summed E-state index contributed by atoms with van der Waals surface area (Å²) in [6, 6.07) is 14.8. The van der Waals surface area contributed by atoms with Gasteiger partial charge in [0.1, 0.15) is 5.82 Å². The molecule has 2 amide bonds. The van der Waals surface area contributed by atoms with Gasteiger partial charge in [0.15, 0.2) is 0 Å². The van der Waals surface area contributed by atoms with Gasteiger partial charge in [0.05, 0.1) is 22.3 Å². The summed E-state index contributed by atoms with van der Waals surface area (Å²) in [5.74, 6) is 0.303. The zero-order valence-electron chi connectivity index (χ0n) is 14.5. The minimum absolute atomic E-state index is 0.243. The molecule has 2 N–H and O–H groups in total. The minimum Gasteiger partial charge on any atom is -0.350 e. The van der Waals surface area contributed by atoms with Crippen molar-refractivity contribution in [1.82, 2.24) is 14.9 Å². The first-order valence-corrected chi connectivity index (χ1v) is 8.32. The van der Waals surface area contributed by atoms with Crippen molar-refractivity contribution in [2.75, 3.05) is 11.9 Å². The van der Waals surface area contributed by atoms with Crippen molar-refractivity contribution < 1.29 is 9.59 Å². The molecule has 0 aliphatic heterocycles. The third-order valence-electron chi connectivity index (χ3n) is 4.08. The van der Waals surface area contributed by atoms with Crippen LogP contribution in [-0.2, 0) is 11.3 Å². The monoisotopic (exact) mass is 348 g/mol. The second kappa shape index (κ2) is 7.65. The first kappa shape index (κ1) is 17.4. The van der Waals surface area contributed by atoms with Crippen LogP contribution in [0.4, 0.5) is 5.69 Å². The lowest BCUT2D eigenvalue weighted by atomic mass is 10.1. The maximum atomic E-state index is 12.5. The Morgan fingerprint density at radius 1 is 1.15 bits per heavy atom. The number of aryl methyl sites for hydroxylation is 1. The fourth-order valence-electron chi connectivity index (χ4n) is 2.83. The van der Waals surface area contributed by atoms with Gasteiger partial charge >= 0.3 is 0 Å². The van der Waals surface area contributed by atoms with Gasteiger partial charge in [-0.25, -0.2) is 4.98 Å². The van der Waals surface area contributed by atoms with Crippen molar-refractivity contribution in [3.05, 3.63) is 72.6 Å². The second-order valence-electron chi connectivity index (χ2n) is 5.79. The summed E-state index contributed by atoms with van der Waals surface area (Å²) < 4.78 is 2.07. The Kier molecular flexibility index (Phi) is 5.12. The van der Waals surface area contributed by atoms with Crippen LogP contribution in [-0.4, -0.2) is 27.9 Å². The molecule has 132 valence electrons. The lowest BCUT2D eigenvalue weighted by molar-refractivity contribution is -0.111. The lowest BCUT2D eigenvalue weighted by Gasteiger charge is -2.11. The SMILES string of the molecule is C=CC(=O)Nc1ccccc1C(=O)NCCn1c(C)nc2ccccc21. The molecule has 0 unspecified atom stereocenters. The van der Waals surface area contributed by atoms with E-state index in [-0.39, 0.29) is 11.8 Å². The Hall–Kier alpha value is -3.41. The number of nitrogens with zero attached hydrogens (tertiary/aromatic N) is 2. The van der Waals surface area contributed by atoms with Crippen molar-refractivity contribution in [3.63, 3.8) is 0 Å². The number of anilines is 1. The van der Waals surface area contributed by atoms with Gasteiger partial charge in [-0.05, 0) is 37.3 Å². The molecule has 1 aromatic heterocycles. The molecule has 0 saturated heterocycles. The number of imidazole rings is 1. The number of aromatic nitrogens is 2. The average molecular weight is 348 g/mol. The van der Waals surface area contributed by atoms with Gasteiger partial charge in [-0.2, -0.15) is 0 Å². The zero-order chi connectivity index (χ0) is 18.5. The highest BCUT2D eigenvalue weighted by Gasteiger charge is 2.12. The Morgan fingerprint density at radius 3 is 2.69 bits per heavy atom. The number of carbonyl (C=O) groups is 2. The maximum Gasteiger partial charge on any atom is 0.253 e. The van der Waals surface area contributed by atoms with Gasteiger partial charge in [-0.3, -0.25) is 9.59 Å². The van der Waals surface area contributed by atoms with Crippen LogP contribution in [0.1, 0.15) is 16.2 Å². The molecule has 0 atom stereocenters. The normalized spacial score (nSPS) is 10.5. The predicted molar refractivity (Wildman–Crippen MR) is 102 cm³/mol. The molecule has 6 heteroatoms. The van der Waals surface area contributed by atoms with Crippen LogP contribution >= 0.6 is 0 Å². The van der Waals surface area contributed by atoms with Crippen LogP contribution in [0, 0.1) is 6.92 Å². The zero-order valence-corrected chi connectivity index (χ0v) is 14.5. The molecule has 0 fully saturated rings. The average Bonchev–Trinajstić information content (AvgIpc) is 2.97. The number of fused-ring (bicyclic) bond motifs is 1. The van der Waals surface area contributed by atoms with E-state index in [4.69, 9.17) is 0 Å². The van der Waals surface area contributed by atoms with Crippen LogP contribution < -0.4 is 10.6 Å². The molecule has 0 bridgehead atoms. The molecule has 6 nitrogen and oxygen atoms in total. The summed E-state index contributed by atoms with van der Waals surface area (Å²) in [5, 5.41) is 5.54. The van der Waals surface area contributed by atoms with Gasteiger partial charge in [0.2, 0.25) is 5.91 Å². The first-order chi connectivity index (χ1) is 12.6. The van der Waals surface area contributed by atoms with Gasteiger partial charge in [-0.1, -0.05) is 30.8 Å². The molecule has 0 aliphatic rings. The summed E-state index contributed by atoms with van der Waals surface area (Å²) in [4.78, 5) is 28.5. The van der Waals surface area contributed by atoms with E-state index in [0.29, 0.717) is 24.3 Å². The summed E-state index contributed by atoms with van der Waals surface area (Å²) >= 11 is 0. The Balaban J connectivity index is 1.69. The van der Waals surface area contributed by atoms with Crippen molar-refractivity contribution >= 4 is 28.5 Å². The largest absolute Gasteiger partial charge is 0.350 e. The van der Waals surface area contributed by atoms with Crippen molar-refractivity contribution in [2.45, 2.75) is 13.5 Å². The van der Waals surface area contributed by atoms with Gasteiger partial charge < -0.3 is 15.2 Å². The lowest BCUT2D eigenvalue weighted by Crippen LogP contribution is -2.28. The maximum absolute atomic E-state index is 12.5. The number of hydrogen-bond acceptors (Lipinski definition) is 3. The van der Waals surface area contributed by atoms with E-state index in [0.717, 1.165) is 16.9 Å². The molecule has 2 aromatic carbocycles. The number of carbonyl (C=O) groups excluding carboxylic acids is 2. The molecule has 1 heterocycles. The van der Waals surface area contributed by atoms with Crippen LogP contribution in [0.5, 0.6) is 0 Å². The van der Waals surface area contributed by atoms with Crippen LogP contribution in [0.25, 0.3) is 11.0 Å². The smallest absolute Gasteiger partial charge is 0.253 e. The molecule has 3 aromatic rings. The van der Waals surface area contributed by atoms with E-state index in [1.54, 1.807) is 24.3 Å². The third-order valence-corrected chi connectivity index (χ3v) is 4.08. The highest BCUT2D eigenvalue weighted by atomic mass is 16.2. The van der Waals surface area contributed by atoms with E-state index < -0.39 is 0 Å². The van der Waals surface area contributed by atoms with E-state index in [2.05, 4.69) is 26.8 Å². The molecule has 0 aliphatic carbocycles. The fourth-order valence-corrected chi connectivity index (χ4v) is 2.83. The third kappa shape index (κ3) is 3.64. The minimum atomic E-state index is -0.356. The van der Waals surface area contributed by atoms with Crippen LogP contribution in [0.15, 0.2) is 61.2 Å². The topological polar surface area (TPSA) is 76.0 Å². The van der Waals surface area contributed by atoms with E-state index >= 15 is 0 Å². The number of para-hydroxylation sites is 3. The van der Waals surface area contributed by atoms with E-state index in [1.807, 2.05) is 31.2 Å². The van der Waals surface area contributed by atoms with Crippen molar-refractivity contribution in [3.8, 4) is 0 Å². The fraction of sp³-hybridized carbons (Fsp3) is 0.150.